The largest absolute Gasteiger partial charge is 0.416 e. The number of β-amino-alcohol motifs (C(OH)–C–C–N with tert-alkyl or cyclic N) is 2. The molecule has 17 nitrogen and oxygen atoms in total. The average molecular weight is 1660 g/mol. The number of benzene rings is 5. The molecule has 5 aromatic carbocycles. The highest BCUT2D eigenvalue weighted by Crippen LogP contribution is 2.48. The highest BCUT2D eigenvalue weighted by Gasteiger charge is 2.48. The summed E-state index contributed by atoms with van der Waals surface area (Å²) in [5.41, 5.74) is -3.46. The Morgan fingerprint density at radius 3 is 1.13 bits per heavy atom. The van der Waals surface area contributed by atoms with Crippen LogP contribution in [-0.4, -0.2) is 183 Å². The van der Waals surface area contributed by atoms with Gasteiger partial charge in [0.15, 0.2) is 0 Å². The predicted octanol–water partition coefficient (Wildman–Crippen LogP) is 16.3. The monoisotopic (exact) mass is 1660 g/mol. The van der Waals surface area contributed by atoms with Crippen LogP contribution >= 0.6 is 0 Å². The van der Waals surface area contributed by atoms with Gasteiger partial charge in [0.1, 0.15) is 11.8 Å². The predicted molar refractivity (Wildman–Crippen MR) is 392 cm³/mol. The lowest BCUT2D eigenvalue weighted by Crippen LogP contribution is -2.34. The Morgan fingerprint density at radius 1 is 0.466 bits per heavy atom. The van der Waals surface area contributed by atoms with Gasteiger partial charge in [0.2, 0.25) is 0 Å². The lowest BCUT2D eigenvalue weighted by molar-refractivity contribution is -0.139. The van der Waals surface area contributed by atoms with Crippen molar-refractivity contribution in [1.82, 2.24) is 39.2 Å². The van der Waals surface area contributed by atoms with E-state index < -0.39 is 112 Å². The Balaban J connectivity index is 0.000000154. The number of alkyl halides is 17. The minimum atomic E-state index is -4.66. The van der Waals surface area contributed by atoms with Crippen LogP contribution in [0, 0.1) is 0 Å². The van der Waals surface area contributed by atoms with Crippen molar-refractivity contribution in [1.29, 1.82) is 0 Å². The molecule has 5 aromatic rings. The second-order valence-electron chi connectivity index (χ2n) is 33.0. The zero-order chi connectivity index (χ0) is 86.4. The van der Waals surface area contributed by atoms with Gasteiger partial charge in [-0.2, -0.15) is 65.9 Å². The molecule has 3 saturated heterocycles. The number of rotatable bonds is 12. The number of aliphatic hydroxyl groups is 3. The maximum absolute atomic E-state index is 14.0. The molecule has 1 aliphatic carbocycles. The number of nitrogens with zero attached hydrogens (tertiary/aromatic N) is 8. The molecule has 3 N–H and O–H groups in total. The van der Waals surface area contributed by atoms with Crippen molar-refractivity contribution in [3.05, 3.63) is 172 Å². The molecule has 6 amide bonds. The van der Waals surface area contributed by atoms with E-state index in [1.54, 1.807) is 84.2 Å². The van der Waals surface area contributed by atoms with E-state index >= 15 is 0 Å². The molecular weight excluding hydrogens is 1560 g/mol. The van der Waals surface area contributed by atoms with Gasteiger partial charge in [0.25, 0.3) is 35.4 Å². The zero-order valence-corrected chi connectivity index (χ0v) is 66.2. The Hall–Kier alpha value is -8.47. The minimum Gasteiger partial charge on any atom is -0.391 e. The number of fused-ring (bicyclic) bond motifs is 5. The summed E-state index contributed by atoms with van der Waals surface area (Å²) in [6.07, 6.45) is -24.4. The molecule has 9 aliphatic rings. The number of halogens is 17. The summed E-state index contributed by atoms with van der Waals surface area (Å²) >= 11 is 0. The van der Waals surface area contributed by atoms with Crippen molar-refractivity contribution in [3.8, 4) is 0 Å². The third kappa shape index (κ3) is 19.4. The molecule has 116 heavy (non-hydrogen) atoms. The van der Waals surface area contributed by atoms with Gasteiger partial charge in [-0.1, -0.05) is 0 Å². The first-order valence-corrected chi connectivity index (χ1v) is 38.3. The molecule has 0 spiro atoms. The Morgan fingerprint density at radius 2 is 0.810 bits per heavy atom. The van der Waals surface area contributed by atoms with Crippen molar-refractivity contribution in [2.45, 2.75) is 265 Å². The maximum Gasteiger partial charge on any atom is 0.416 e. The fraction of sp³-hybridized carbons (Fsp3) is 0.561. The molecule has 1 saturated carbocycles. The summed E-state index contributed by atoms with van der Waals surface area (Å²) < 4.78 is 228. The highest BCUT2D eigenvalue weighted by molar-refractivity contribution is 6.04. The maximum atomic E-state index is 14.0. The third-order valence-corrected chi connectivity index (χ3v) is 22.4. The van der Waals surface area contributed by atoms with Crippen LogP contribution in [0.2, 0.25) is 0 Å². The van der Waals surface area contributed by atoms with Crippen molar-refractivity contribution in [3.63, 3.8) is 0 Å². The van der Waals surface area contributed by atoms with E-state index in [9.17, 15) is 119 Å². The summed E-state index contributed by atoms with van der Waals surface area (Å²) in [6, 6.07) is 11.3. The molecule has 0 aromatic heterocycles. The van der Waals surface area contributed by atoms with Crippen LogP contribution in [0.25, 0.3) is 0 Å². The van der Waals surface area contributed by atoms with E-state index in [1.165, 1.54) is 67.5 Å². The van der Waals surface area contributed by atoms with Crippen LogP contribution in [0.5, 0.6) is 0 Å². The van der Waals surface area contributed by atoms with E-state index in [4.69, 9.17) is 0 Å². The number of hydrogen-bond acceptors (Lipinski definition) is 11. The summed E-state index contributed by atoms with van der Waals surface area (Å²) in [6.45, 7) is 23.2. The highest BCUT2D eigenvalue weighted by atomic mass is 19.4. The number of aliphatic hydroxyl groups excluding tert-OH is 3. The molecule has 6 atom stereocenters. The molecule has 6 unspecified atom stereocenters. The van der Waals surface area contributed by atoms with Gasteiger partial charge in [-0.15, -0.1) is 0 Å². The van der Waals surface area contributed by atoms with Crippen molar-refractivity contribution >= 4 is 35.4 Å². The van der Waals surface area contributed by atoms with Crippen LogP contribution < -0.4 is 0 Å². The van der Waals surface area contributed by atoms with E-state index in [-0.39, 0.29) is 193 Å². The average Bonchev–Trinajstić information content (AvgIpc) is 1.63. The molecule has 8 heterocycles. The molecule has 34 heteroatoms. The van der Waals surface area contributed by atoms with Crippen molar-refractivity contribution in [2.24, 2.45) is 0 Å². The lowest BCUT2D eigenvalue weighted by Gasteiger charge is -2.22. The number of amides is 6. The van der Waals surface area contributed by atoms with Gasteiger partial charge >= 0.3 is 30.9 Å². The third-order valence-electron chi connectivity index (χ3n) is 22.4. The standard InChI is InChI=1S/C18H22F4N2O.C18H21F3N2O3.C17H20F4N2O2.C15H16F3NO.C14H16F3NO2/c1-11(2)24-9-14-13(16(24)25)6-12(7-15(14)18(20,21)22)8-23-5-4-17(3,19)10-23;1-9(2)22-8-14-13(17(22)26)5-11(6-15(14)18(19,20)21)16(25)23-7-12(24)4-10(23)3;1-9(2)23-6-12-11(16(23)25)3-10(4-13(12)17(19,20)21)5-22-7-14(18)15(24)8-22;1-8(2)19-7-12-11(14(19)20)5-10(9-3-4-9)6-13(12)15(16,17)18;1-7(2)18-6-11-10(13(18)20)4-9(8(3)19)5-12(11)14(15,16)17/h6-7,11H,4-5,8-10H2,1-3H3;5-6,9-10,12,24H,4,7-8H2,1-3H3;3-4,9,14-15,24H,5-8H2,1-2H3;5-6,8-9H,3-4,7H2,1-2H3;4-5,7-8,19H,6H2,1-3H3. The van der Waals surface area contributed by atoms with E-state index in [1.807, 2.05) is 13.8 Å². The molecule has 636 valence electrons. The van der Waals surface area contributed by atoms with E-state index in [2.05, 4.69) is 0 Å². The Bertz CT molecular complexity index is 4390. The van der Waals surface area contributed by atoms with Crippen LogP contribution in [0.3, 0.4) is 0 Å². The summed E-state index contributed by atoms with van der Waals surface area (Å²) in [7, 11) is 0. The van der Waals surface area contributed by atoms with Gasteiger partial charge in [-0.25, -0.2) is 8.78 Å². The smallest absolute Gasteiger partial charge is 0.391 e. The van der Waals surface area contributed by atoms with Crippen LogP contribution in [0.1, 0.15) is 268 Å². The second-order valence-corrected chi connectivity index (χ2v) is 33.0. The van der Waals surface area contributed by atoms with Crippen molar-refractivity contribution < 1.29 is 119 Å². The summed E-state index contributed by atoms with van der Waals surface area (Å²) in [5.74, 6) is -2.37. The number of hydrogen-bond donors (Lipinski definition) is 3. The van der Waals surface area contributed by atoms with Gasteiger partial charge in [0.05, 0.1) is 46.1 Å². The zero-order valence-electron chi connectivity index (χ0n) is 66.2. The fourth-order valence-corrected chi connectivity index (χ4v) is 15.9. The van der Waals surface area contributed by atoms with E-state index in [0.717, 1.165) is 37.1 Å². The van der Waals surface area contributed by atoms with Crippen LogP contribution in [-0.2, 0) is 76.7 Å². The first-order valence-electron chi connectivity index (χ1n) is 38.3. The molecule has 14 rings (SSSR count). The Labute approximate surface area is 660 Å². The summed E-state index contributed by atoms with van der Waals surface area (Å²) in [5, 5.41) is 28.7. The molecule has 0 bridgehead atoms. The quantitative estimate of drug-likeness (QED) is 0.101. The molecular formula is C82H95F17N8O9. The van der Waals surface area contributed by atoms with Gasteiger partial charge in [-0.3, -0.25) is 38.6 Å². The normalized spacial score (nSPS) is 21.9. The van der Waals surface area contributed by atoms with E-state index in [0.29, 0.717) is 36.1 Å². The molecule has 8 aliphatic heterocycles. The topological polar surface area (TPSA) is 189 Å². The second kappa shape index (κ2) is 33.4. The minimum absolute atomic E-state index is 0.000209. The fourth-order valence-electron chi connectivity index (χ4n) is 15.9. The van der Waals surface area contributed by atoms with Crippen molar-refractivity contribution in [2.75, 3.05) is 32.7 Å². The SMILES string of the molecule is CC(C)N1Cc2c(cc(C(=O)N3CC(O)CC3C)cc2C(F)(F)F)C1=O.CC(C)N1Cc2c(cc(C3CC3)cc2C(F)(F)F)C1=O.CC(C)N1Cc2c(cc(CN3CC(O)C(F)C3)cc2C(F)(F)F)C1=O.CC(C)N1Cc2c(cc(CN3CCC(C)(F)C3)cc2C(F)(F)F)C1=O.CC(O)c1cc2c(c(C(F)(F)F)c1)CN(C(C)C)C2=O. The number of likely N-dealkylation sites (tertiary alicyclic amines) is 3. The summed E-state index contributed by atoms with van der Waals surface area (Å²) in [4.78, 5) is 86.4. The lowest BCUT2D eigenvalue weighted by atomic mass is 9.97. The molecule has 4 fully saturated rings. The van der Waals surface area contributed by atoms with Gasteiger partial charge in [-0.05, 0) is 232 Å². The van der Waals surface area contributed by atoms with Gasteiger partial charge < -0.3 is 44.7 Å². The number of carbonyl (C=O) groups is 6. The molecule has 0 radical (unpaired) electrons. The number of carbonyl (C=O) groups excluding carboxylic acids is 6. The first-order chi connectivity index (χ1) is 53.5. The first kappa shape index (κ1) is 89.9. The Kier molecular flexibility index (Phi) is 25.9. The van der Waals surface area contributed by atoms with Crippen LogP contribution in [0.15, 0.2) is 60.7 Å². The van der Waals surface area contributed by atoms with Crippen LogP contribution in [0.4, 0.5) is 74.6 Å². The van der Waals surface area contributed by atoms with Gasteiger partial charge in [0, 0.05) is 148 Å².